The quantitative estimate of drug-likeness (QED) is 0.418. The van der Waals surface area contributed by atoms with Gasteiger partial charge in [-0.1, -0.05) is 37.6 Å². The van der Waals surface area contributed by atoms with Gasteiger partial charge in [-0.3, -0.25) is 4.98 Å². The van der Waals surface area contributed by atoms with Gasteiger partial charge in [0.05, 0.1) is 42.3 Å². The lowest BCUT2D eigenvalue weighted by atomic mass is 9.90. The molecule has 1 aliphatic heterocycles. The van der Waals surface area contributed by atoms with E-state index in [1.807, 2.05) is 32.0 Å². The predicted molar refractivity (Wildman–Crippen MR) is 132 cm³/mol. The molecule has 0 radical (unpaired) electrons. The van der Waals surface area contributed by atoms with Crippen LogP contribution in [0, 0.1) is 0 Å². The molecule has 1 saturated heterocycles. The Balaban J connectivity index is 1.36. The number of anilines is 1. The summed E-state index contributed by atoms with van der Waals surface area (Å²) in [6, 6.07) is 13.9. The van der Waals surface area contributed by atoms with E-state index < -0.39 is 5.41 Å². The third-order valence-corrected chi connectivity index (χ3v) is 6.25. The fraction of sp³-hybridized carbons (Fsp3) is 0.320. The summed E-state index contributed by atoms with van der Waals surface area (Å²) in [4.78, 5) is 19.0. The number of fused-ring (bicyclic) bond motifs is 1. The molecule has 3 aromatic heterocycles. The van der Waals surface area contributed by atoms with E-state index in [0.717, 1.165) is 43.2 Å². The Bertz CT molecular complexity index is 1280. The van der Waals surface area contributed by atoms with Crippen LogP contribution in [-0.2, 0) is 10.2 Å². The van der Waals surface area contributed by atoms with E-state index in [1.165, 1.54) is 0 Å². The Hall–Kier alpha value is -3.20. The fourth-order valence-electron chi connectivity index (χ4n) is 3.83. The van der Waals surface area contributed by atoms with Crippen molar-refractivity contribution in [2.24, 2.45) is 0 Å². The van der Waals surface area contributed by atoms with Gasteiger partial charge in [-0.05, 0) is 30.3 Å². The summed E-state index contributed by atoms with van der Waals surface area (Å²) in [5.74, 6) is 0.529. The number of H-pyrrole nitrogens is 1. The molecule has 0 atom stereocenters. The number of aliphatic hydroxyl groups is 1. The second kappa shape index (κ2) is 9.21. The highest BCUT2D eigenvalue weighted by Gasteiger charge is 2.21. The number of halogens is 1. The van der Waals surface area contributed by atoms with Crippen molar-refractivity contribution < 1.29 is 14.6 Å². The first-order valence-corrected chi connectivity index (χ1v) is 11.6. The second-order valence-electron chi connectivity index (χ2n) is 8.90. The first kappa shape index (κ1) is 22.6. The summed E-state index contributed by atoms with van der Waals surface area (Å²) >= 11 is 6.56. The van der Waals surface area contributed by atoms with Gasteiger partial charge in [-0.2, -0.15) is 4.98 Å². The highest BCUT2D eigenvalue weighted by molar-refractivity contribution is 6.33. The molecule has 5 rings (SSSR count). The lowest BCUT2D eigenvalue weighted by molar-refractivity contribution is 0.122. The predicted octanol–water partition coefficient (Wildman–Crippen LogP) is 4.57. The normalized spacial score (nSPS) is 14.5. The SMILES string of the molecule is CC(C)(CO)c1ccc(Oc2nc3nc(-c4ccc(N5CCOCC5)cc4)c(Cl)cc3[nH]2)cn1. The molecule has 176 valence electrons. The molecule has 8 nitrogen and oxygen atoms in total. The van der Waals surface area contributed by atoms with E-state index in [4.69, 9.17) is 21.1 Å². The van der Waals surface area contributed by atoms with Gasteiger partial charge in [-0.25, -0.2) is 4.98 Å². The van der Waals surface area contributed by atoms with Gasteiger partial charge in [0.15, 0.2) is 5.65 Å². The molecule has 4 aromatic rings. The smallest absolute Gasteiger partial charge is 0.301 e. The number of nitrogens with one attached hydrogen (secondary N) is 1. The summed E-state index contributed by atoms with van der Waals surface area (Å²) < 4.78 is 11.3. The Morgan fingerprint density at radius 1 is 1.12 bits per heavy atom. The Kier molecular flexibility index (Phi) is 6.12. The van der Waals surface area contributed by atoms with Crippen molar-refractivity contribution in [2.45, 2.75) is 19.3 Å². The average Bonchev–Trinajstić information content (AvgIpc) is 3.25. The van der Waals surface area contributed by atoms with Crippen molar-refractivity contribution >= 4 is 28.5 Å². The second-order valence-corrected chi connectivity index (χ2v) is 9.31. The number of rotatable bonds is 6. The van der Waals surface area contributed by atoms with Crippen molar-refractivity contribution in [2.75, 3.05) is 37.8 Å². The maximum Gasteiger partial charge on any atom is 0.301 e. The molecule has 0 amide bonds. The largest absolute Gasteiger partial charge is 0.424 e. The topological polar surface area (TPSA) is 96.4 Å². The van der Waals surface area contributed by atoms with E-state index in [-0.39, 0.29) is 6.61 Å². The number of ether oxygens (including phenoxy) is 2. The van der Waals surface area contributed by atoms with E-state index in [2.05, 4.69) is 37.0 Å². The number of hydrogen-bond acceptors (Lipinski definition) is 7. The van der Waals surface area contributed by atoms with Gasteiger partial charge in [-0.15, -0.1) is 0 Å². The van der Waals surface area contributed by atoms with Crippen molar-refractivity contribution in [1.29, 1.82) is 0 Å². The van der Waals surface area contributed by atoms with Crippen LogP contribution in [0.4, 0.5) is 5.69 Å². The van der Waals surface area contributed by atoms with Crippen LogP contribution in [0.5, 0.6) is 11.8 Å². The molecule has 2 N–H and O–H groups in total. The summed E-state index contributed by atoms with van der Waals surface area (Å²) in [6.07, 6.45) is 1.61. The summed E-state index contributed by atoms with van der Waals surface area (Å²) in [5, 5.41) is 10.0. The zero-order valence-electron chi connectivity index (χ0n) is 19.1. The molecule has 0 unspecified atom stereocenters. The van der Waals surface area contributed by atoms with Crippen LogP contribution in [0.2, 0.25) is 5.02 Å². The molecule has 34 heavy (non-hydrogen) atoms. The van der Waals surface area contributed by atoms with E-state index in [9.17, 15) is 5.11 Å². The monoisotopic (exact) mass is 479 g/mol. The Labute approximate surface area is 202 Å². The number of imidazole rings is 1. The van der Waals surface area contributed by atoms with E-state index in [1.54, 1.807) is 18.3 Å². The van der Waals surface area contributed by atoms with Gasteiger partial charge in [0.2, 0.25) is 0 Å². The summed E-state index contributed by atoms with van der Waals surface area (Å²) in [7, 11) is 0. The minimum absolute atomic E-state index is 0.00841. The molecule has 0 aliphatic carbocycles. The summed E-state index contributed by atoms with van der Waals surface area (Å²) in [6.45, 7) is 7.13. The zero-order valence-corrected chi connectivity index (χ0v) is 19.8. The molecule has 0 bridgehead atoms. The van der Waals surface area contributed by atoms with Gasteiger partial charge < -0.3 is 24.5 Å². The standard InChI is InChI=1S/C25H26ClN5O3/c1-25(2,15-32)21-8-7-18(14-27-21)34-24-28-20-13-19(26)22(29-23(20)30-24)16-3-5-17(6-4-16)31-9-11-33-12-10-31/h3-8,13-14,32H,9-12,15H2,1-2H3,(H,28,29,30). The molecule has 0 spiro atoms. The lowest BCUT2D eigenvalue weighted by Crippen LogP contribution is -2.36. The number of nitrogens with zero attached hydrogens (tertiary/aromatic N) is 4. The molecule has 9 heteroatoms. The minimum Gasteiger partial charge on any atom is -0.424 e. The Morgan fingerprint density at radius 2 is 1.88 bits per heavy atom. The molecule has 1 aromatic carbocycles. The third kappa shape index (κ3) is 4.57. The maximum atomic E-state index is 9.52. The van der Waals surface area contributed by atoms with E-state index in [0.29, 0.717) is 33.6 Å². The Morgan fingerprint density at radius 3 is 2.56 bits per heavy atom. The van der Waals surface area contributed by atoms with Gasteiger partial charge in [0.1, 0.15) is 5.75 Å². The van der Waals surface area contributed by atoms with Crippen molar-refractivity contribution in [3.05, 3.63) is 59.4 Å². The first-order valence-electron chi connectivity index (χ1n) is 11.2. The highest BCUT2D eigenvalue weighted by Crippen LogP contribution is 2.32. The van der Waals surface area contributed by atoms with Gasteiger partial charge in [0, 0.05) is 35.4 Å². The molecule has 1 fully saturated rings. The number of aliphatic hydroxyl groups excluding tert-OH is 1. The molecular formula is C25H26ClN5O3. The van der Waals surface area contributed by atoms with Gasteiger partial charge in [0.25, 0.3) is 0 Å². The van der Waals surface area contributed by atoms with Crippen LogP contribution in [0.1, 0.15) is 19.5 Å². The lowest BCUT2D eigenvalue weighted by Gasteiger charge is -2.28. The molecule has 4 heterocycles. The van der Waals surface area contributed by atoms with Crippen LogP contribution >= 0.6 is 11.6 Å². The average molecular weight is 480 g/mol. The summed E-state index contributed by atoms with van der Waals surface area (Å²) in [5.41, 5.74) is 4.29. The third-order valence-electron chi connectivity index (χ3n) is 5.96. The highest BCUT2D eigenvalue weighted by atomic mass is 35.5. The number of benzene rings is 1. The van der Waals surface area contributed by atoms with Crippen LogP contribution in [0.25, 0.3) is 22.4 Å². The number of aromatic nitrogens is 4. The first-order chi connectivity index (χ1) is 16.4. The van der Waals surface area contributed by atoms with Crippen molar-refractivity contribution in [1.82, 2.24) is 19.9 Å². The van der Waals surface area contributed by atoms with Crippen molar-refractivity contribution in [3.63, 3.8) is 0 Å². The maximum absolute atomic E-state index is 9.52. The number of aromatic amines is 1. The fourth-order valence-corrected chi connectivity index (χ4v) is 4.09. The van der Waals surface area contributed by atoms with Gasteiger partial charge >= 0.3 is 6.01 Å². The number of hydrogen-bond donors (Lipinski definition) is 2. The van der Waals surface area contributed by atoms with Crippen LogP contribution in [0.15, 0.2) is 48.7 Å². The molecule has 0 saturated carbocycles. The van der Waals surface area contributed by atoms with Crippen molar-refractivity contribution in [3.8, 4) is 23.0 Å². The van der Waals surface area contributed by atoms with E-state index >= 15 is 0 Å². The zero-order chi connectivity index (χ0) is 23.7. The van der Waals surface area contributed by atoms with Crippen LogP contribution in [-0.4, -0.2) is 58.0 Å². The number of pyridine rings is 2. The molecule has 1 aliphatic rings. The number of morpholine rings is 1. The molecular weight excluding hydrogens is 454 g/mol. The minimum atomic E-state index is -0.421. The van der Waals surface area contributed by atoms with Crippen LogP contribution < -0.4 is 9.64 Å². The van der Waals surface area contributed by atoms with Crippen LogP contribution in [0.3, 0.4) is 0 Å².